The third-order valence-electron chi connectivity index (χ3n) is 2.12. The summed E-state index contributed by atoms with van der Waals surface area (Å²) in [5, 5.41) is 0. The number of alkyl halides is 5. The molecule has 0 bridgehead atoms. The van der Waals surface area contributed by atoms with Gasteiger partial charge in [0.25, 0.3) is 0 Å². The molecule has 0 radical (unpaired) electrons. The van der Waals surface area contributed by atoms with Crippen LogP contribution in [0, 0.1) is 11.6 Å². The van der Waals surface area contributed by atoms with Crippen LogP contribution in [0.25, 0.3) is 0 Å². The van der Waals surface area contributed by atoms with Crippen molar-refractivity contribution in [2.24, 2.45) is 5.73 Å². The number of hydrogen-bond acceptors (Lipinski definition) is 1. The second-order valence-electron chi connectivity index (χ2n) is 3.38. The first-order chi connectivity index (χ1) is 7.98. The smallest absolute Gasteiger partial charge is 0.319 e. The number of benzene rings is 1. The minimum absolute atomic E-state index is 0.149. The predicted octanol–water partition coefficient (Wildman–Crippen LogP) is 3.92. The Morgan fingerprint density at radius 2 is 1.39 bits per heavy atom. The van der Waals surface area contributed by atoms with Crippen molar-refractivity contribution in [2.75, 3.05) is 0 Å². The standard InChI is InChI=1S/C9H5BrF7N/c10-3-1-4(11)6(5(12)2-3)7(18)8(13,14)9(15,16)17/h1-2,7H,18H2/t7-/m0/s1. The third kappa shape index (κ3) is 2.61. The first-order valence-electron chi connectivity index (χ1n) is 4.33. The van der Waals surface area contributed by atoms with E-state index in [4.69, 9.17) is 0 Å². The van der Waals surface area contributed by atoms with Gasteiger partial charge in [-0.3, -0.25) is 0 Å². The van der Waals surface area contributed by atoms with E-state index in [9.17, 15) is 30.7 Å². The zero-order valence-electron chi connectivity index (χ0n) is 8.33. The van der Waals surface area contributed by atoms with E-state index < -0.39 is 35.3 Å². The summed E-state index contributed by atoms with van der Waals surface area (Å²) in [7, 11) is 0. The van der Waals surface area contributed by atoms with Gasteiger partial charge in [-0.15, -0.1) is 0 Å². The topological polar surface area (TPSA) is 26.0 Å². The number of nitrogens with two attached hydrogens (primary N) is 1. The van der Waals surface area contributed by atoms with Crippen molar-refractivity contribution in [3.05, 3.63) is 33.8 Å². The summed E-state index contributed by atoms with van der Waals surface area (Å²) in [4.78, 5) is 0. The van der Waals surface area contributed by atoms with Crippen molar-refractivity contribution in [3.63, 3.8) is 0 Å². The van der Waals surface area contributed by atoms with Crippen molar-refractivity contribution in [1.29, 1.82) is 0 Å². The summed E-state index contributed by atoms with van der Waals surface area (Å²) < 4.78 is 88.1. The van der Waals surface area contributed by atoms with Gasteiger partial charge >= 0.3 is 12.1 Å². The highest BCUT2D eigenvalue weighted by Crippen LogP contribution is 2.44. The Hall–Kier alpha value is -0.830. The summed E-state index contributed by atoms with van der Waals surface area (Å²) in [5.41, 5.74) is 3.13. The van der Waals surface area contributed by atoms with E-state index in [0.717, 1.165) is 0 Å². The summed E-state index contributed by atoms with van der Waals surface area (Å²) in [5.74, 6) is -8.61. The average molecular weight is 340 g/mol. The van der Waals surface area contributed by atoms with Crippen LogP contribution in [0.5, 0.6) is 0 Å². The molecule has 102 valence electrons. The molecule has 1 nitrogen and oxygen atoms in total. The summed E-state index contributed by atoms with van der Waals surface area (Å²) in [6, 6.07) is -2.07. The quantitative estimate of drug-likeness (QED) is 0.812. The van der Waals surface area contributed by atoms with Gasteiger partial charge in [0.05, 0.1) is 0 Å². The molecule has 0 aromatic heterocycles. The Morgan fingerprint density at radius 3 is 1.72 bits per heavy atom. The highest BCUT2D eigenvalue weighted by Gasteiger charge is 2.62. The molecule has 1 aromatic rings. The fraction of sp³-hybridized carbons (Fsp3) is 0.333. The van der Waals surface area contributed by atoms with E-state index in [2.05, 4.69) is 21.7 Å². The van der Waals surface area contributed by atoms with Crippen LogP contribution in [-0.4, -0.2) is 12.1 Å². The molecule has 0 heterocycles. The Morgan fingerprint density at radius 1 is 1.00 bits per heavy atom. The minimum Gasteiger partial charge on any atom is -0.319 e. The minimum atomic E-state index is -6.00. The highest BCUT2D eigenvalue weighted by atomic mass is 79.9. The molecule has 0 saturated carbocycles. The molecule has 2 N–H and O–H groups in total. The Bertz CT molecular complexity index is 434. The van der Waals surface area contributed by atoms with Gasteiger partial charge in [0.2, 0.25) is 0 Å². The van der Waals surface area contributed by atoms with Gasteiger partial charge in [-0.05, 0) is 12.1 Å². The number of rotatable bonds is 2. The van der Waals surface area contributed by atoms with Crippen LogP contribution in [0.4, 0.5) is 30.7 Å². The van der Waals surface area contributed by atoms with Crippen molar-refractivity contribution in [2.45, 2.75) is 18.1 Å². The fourth-order valence-corrected chi connectivity index (χ4v) is 1.61. The molecule has 1 aromatic carbocycles. The lowest BCUT2D eigenvalue weighted by Crippen LogP contribution is -2.46. The predicted molar refractivity (Wildman–Crippen MR) is 52.0 cm³/mol. The highest BCUT2D eigenvalue weighted by molar-refractivity contribution is 9.10. The van der Waals surface area contributed by atoms with Crippen LogP contribution in [0.15, 0.2) is 16.6 Å². The lowest BCUT2D eigenvalue weighted by molar-refractivity contribution is -0.291. The monoisotopic (exact) mass is 339 g/mol. The maximum atomic E-state index is 13.2. The molecular weight excluding hydrogens is 335 g/mol. The molecule has 0 aliphatic carbocycles. The van der Waals surface area contributed by atoms with Gasteiger partial charge in [0.15, 0.2) is 0 Å². The van der Waals surface area contributed by atoms with Gasteiger partial charge in [-0.25, -0.2) is 8.78 Å². The molecule has 0 aliphatic heterocycles. The first kappa shape index (κ1) is 15.2. The Kier molecular flexibility index (Phi) is 3.97. The van der Waals surface area contributed by atoms with E-state index in [0.29, 0.717) is 12.1 Å². The van der Waals surface area contributed by atoms with Crippen molar-refractivity contribution in [3.8, 4) is 0 Å². The first-order valence-corrected chi connectivity index (χ1v) is 5.12. The largest absolute Gasteiger partial charge is 0.455 e. The van der Waals surface area contributed by atoms with E-state index in [-0.39, 0.29) is 4.47 Å². The molecule has 0 saturated heterocycles. The van der Waals surface area contributed by atoms with E-state index in [1.54, 1.807) is 0 Å². The molecule has 1 rings (SSSR count). The Balaban J connectivity index is 3.32. The lowest BCUT2D eigenvalue weighted by Gasteiger charge is -2.26. The molecular formula is C9H5BrF7N. The molecule has 1 atom stereocenters. The summed E-state index contributed by atoms with van der Waals surface area (Å²) in [6.07, 6.45) is -6.00. The van der Waals surface area contributed by atoms with Crippen molar-refractivity contribution >= 4 is 15.9 Å². The van der Waals surface area contributed by atoms with Gasteiger partial charge in [-0.1, -0.05) is 15.9 Å². The van der Waals surface area contributed by atoms with Crippen LogP contribution < -0.4 is 5.73 Å². The average Bonchev–Trinajstić information content (AvgIpc) is 2.13. The molecule has 0 fully saturated rings. The second-order valence-corrected chi connectivity index (χ2v) is 4.30. The van der Waals surface area contributed by atoms with Crippen LogP contribution >= 0.6 is 15.9 Å². The van der Waals surface area contributed by atoms with Crippen molar-refractivity contribution < 1.29 is 30.7 Å². The molecule has 0 aliphatic rings. The number of halogens is 8. The number of hydrogen-bond donors (Lipinski definition) is 1. The zero-order chi connectivity index (χ0) is 14.3. The van der Waals surface area contributed by atoms with Crippen LogP contribution in [-0.2, 0) is 0 Å². The molecule has 0 spiro atoms. The van der Waals surface area contributed by atoms with Crippen LogP contribution in [0.2, 0.25) is 0 Å². The molecule has 9 heteroatoms. The maximum absolute atomic E-state index is 13.2. The van der Waals surface area contributed by atoms with Crippen LogP contribution in [0.3, 0.4) is 0 Å². The van der Waals surface area contributed by atoms with E-state index in [1.165, 1.54) is 0 Å². The lowest BCUT2D eigenvalue weighted by atomic mass is 10.00. The van der Waals surface area contributed by atoms with E-state index >= 15 is 0 Å². The SMILES string of the molecule is N[C@@H](c1c(F)cc(Br)cc1F)C(F)(F)C(F)(F)F. The summed E-state index contributed by atoms with van der Waals surface area (Å²) >= 11 is 2.66. The fourth-order valence-electron chi connectivity index (χ4n) is 1.21. The van der Waals surface area contributed by atoms with E-state index in [1.807, 2.05) is 0 Å². The molecule has 18 heavy (non-hydrogen) atoms. The molecule has 0 unspecified atom stereocenters. The van der Waals surface area contributed by atoms with Crippen molar-refractivity contribution in [1.82, 2.24) is 0 Å². The maximum Gasteiger partial charge on any atom is 0.455 e. The van der Waals surface area contributed by atoms with Gasteiger partial charge in [0.1, 0.15) is 17.7 Å². The normalized spacial score (nSPS) is 14.7. The van der Waals surface area contributed by atoms with Crippen LogP contribution in [0.1, 0.15) is 11.6 Å². The summed E-state index contributed by atoms with van der Waals surface area (Å²) in [6.45, 7) is 0. The molecule has 0 amide bonds. The van der Waals surface area contributed by atoms with Gasteiger partial charge < -0.3 is 5.73 Å². The second kappa shape index (κ2) is 4.69. The zero-order valence-corrected chi connectivity index (χ0v) is 9.92. The van der Waals surface area contributed by atoms with Gasteiger partial charge in [0, 0.05) is 10.0 Å². The third-order valence-corrected chi connectivity index (χ3v) is 2.58. The Labute approximate surface area is 105 Å². The van der Waals surface area contributed by atoms with Gasteiger partial charge in [-0.2, -0.15) is 22.0 Å².